The number of ether oxygens (including phenoxy) is 1. The van der Waals surface area contributed by atoms with Gasteiger partial charge in [-0.05, 0) is 31.6 Å². The minimum Gasteiger partial charge on any atom is -0.465 e. The number of hydrogen-bond donors (Lipinski definition) is 1. The zero-order chi connectivity index (χ0) is 20.8. The van der Waals surface area contributed by atoms with Crippen molar-refractivity contribution in [3.8, 4) is 0 Å². The van der Waals surface area contributed by atoms with E-state index in [0.717, 1.165) is 23.4 Å². The summed E-state index contributed by atoms with van der Waals surface area (Å²) in [7, 11) is 1.35. The molecule has 0 aliphatic heterocycles. The van der Waals surface area contributed by atoms with E-state index in [9.17, 15) is 9.59 Å². The van der Waals surface area contributed by atoms with Crippen molar-refractivity contribution in [1.29, 1.82) is 0 Å². The maximum atomic E-state index is 12.2. The Hall–Kier alpha value is -3.68. The number of hydrogen-bond acceptors (Lipinski definition) is 5. The van der Waals surface area contributed by atoms with Crippen molar-refractivity contribution >= 4 is 23.6 Å². The zero-order valence-corrected chi connectivity index (χ0v) is 16.6. The smallest absolute Gasteiger partial charge is 0.338 e. The van der Waals surface area contributed by atoms with Gasteiger partial charge in [0, 0.05) is 30.1 Å². The van der Waals surface area contributed by atoms with Gasteiger partial charge in [-0.15, -0.1) is 0 Å². The second kappa shape index (κ2) is 9.01. The lowest BCUT2D eigenvalue weighted by Gasteiger charge is -2.07. The summed E-state index contributed by atoms with van der Waals surface area (Å²) in [6.45, 7) is 5.14. The molecule has 3 aromatic rings. The molecule has 0 radical (unpaired) electrons. The maximum Gasteiger partial charge on any atom is 0.338 e. The zero-order valence-electron chi connectivity index (χ0n) is 16.6. The fourth-order valence-electron chi connectivity index (χ4n) is 2.95. The summed E-state index contributed by atoms with van der Waals surface area (Å²) in [6, 6.07) is 7.18. The molecule has 29 heavy (non-hydrogen) atoms. The summed E-state index contributed by atoms with van der Waals surface area (Å²) >= 11 is 0. The number of rotatable bonds is 7. The van der Waals surface area contributed by atoms with E-state index in [0.29, 0.717) is 17.8 Å². The SMILES string of the molecule is CCn1ncc(/C=C/C(=O)Nc2cnn(Cc3ccccc3C(=O)OC)c2)c1C. The second-order valence-corrected chi connectivity index (χ2v) is 6.40. The fourth-order valence-corrected chi connectivity index (χ4v) is 2.95. The average molecular weight is 393 g/mol. The van der Waals surface area contributed by atoms with E-state index in [2.05, 4.69) is 15.5 Å². The predicted molar refractivity (Wildman–Crippen MR) is 109 cm³/mol. The third-order valence-electron chi connectivity index (χ3n) is 4.51. The lowest BCUT2D eigenvalue weighted by Crippen LogP contribution is -2.09. The molecule has 1 N–H and O–H groups in total. The van der Waals surface area contributed by atoms with E-state index < -0.39 is 5.97 Å². The van der Waals surface area contributed by atoms with Crippen molar-refractivity contribution in [2.45, 2.75) is 26.9 Å². The first-order valence-electron chi connectivity index (χ1n) is 9.22. The monoisotopic (exact) mass is 393 g/mol. The molecule has 0 aliphatic carbocycles. The molecule has 8 nitrogen and oxygen atoms in total. The van der Waals surface area contributed by atoms with E-state index in [1.54, 1.807) is 41.5 Å². The van der Waals surface area contributed by atoms with Crippen LogP contribution < -0.4 is 5.32 Å². The van der Waals surface area contributed by atoms with Gasteiger partial charge in [-0.1, -0.05) is 18.2 Å². The molecule has 150 valence electrons. The highest BCUT2D eigenvalue weighted by molar-refractivity contribution is 6.01. The van der Waals surface area contributed by atoms with Gasteiger partial charge in [0.15, 0.2) is 0 Å². The van der Waals surface area contributed by atoms with Crippen LogP contribution in [0.15, 0.2) is 48.9 Å². The molecule has 0 spiro atoms. The molecule has 2 heterocycles. The van der Waals surface area contributed by atoms with Gasteiger partial charge in [-0.2, -0.15) is 10.2 Å². The van der Waals surface area contributed by atoms with E-state index >= 15 is 0 Å². The van der Waals surface area contributed by atoms with Gasteiger partial charge in [0.25, 0.3) is 0 Å². The minimum atomic E-state index is -0.395. The van der Waals surface area contributed by atoms with E-state index in [1.165, 1.54) is 13.2 Å². The average Bonchev–Trinajstić information content (AvgIpc) is 3.32. The van der Waals surface area contributed by atoms with Crippen LogP contribution in [0.2, 0.25) is 0 Å². The summed E-state index contributed by atoms with van der Waals surface area (Å²) < 4.78 is 8.33. The first-order chi connectivity index (χ1) is 14.0. The number of carbonyl (C=O) groups excluding carboxylic acids is 2. The first kappa shape index (κ1) is 20.1. The Morgan fingerprint density at radius 3 is 2.72 bits per heavy atom. The summed E-state index contributed by atoms with van der Waals surface area (Å²) in [5.41, 5.74) is 3.74. The Morgan fingerprint density at radius 2 is 2.00 bits per heavy atom. The fraction of sp³-hybridized carbons (Fsp3) is 0.238. The van der Waals surface area contributed by atoms with Crippen molar-refractivity contribution in [2.75, 3.05) is 12.4 Å². The number of benzene rings is 1. The van der Waals surface area contributed by atoms with E-state index in [-0.39, 0.29) is 5.91 Å². The molecule has 8 heteroatoms. The van der Waals surface area contributed by atoms with Crippen LogP contribution in [0.4, 0.5) is 5.69 Å². The molecule has 0 unspecified atom stereocenters. The van der Waals surface area contributed by atoms with Crippen LogP contribution in [0.25, 0.3) is 6.08 Å². The lowest BCUT2D eigenvalue weighted by molar-refractivity contribution is -0.111. The molecule has 0 bridgehead atoms. The summed E-state index contributed by atoms with van der Waals surface area (Å²) in [5, 5.41) is 11.3. The second-order valence-electron chi connectivity index (χ2n) is 6.40. The first-order valence-corrected chi connectivity index (χ1v) is 9.22. The van der Waals surface area contributed by atoms with Gasteiger partial charge in [0.1, 0.15) is 0 Å². The summed E-state index contributed by atoms with van der Waals surface area (Å²) in [4.78, 5) is 24.1. The highest BCUT2D eigenvalue weighted by Gasteiger charge is 2.12. The summed E-state index contributed by atoms with van der Waals surface area (Å²) in [5.74, 6) is -0.656. The third kappa shape index (κ3) is 4.78. The van der Waals surface area contributed by atoms with Crippen LogP contribution in [0.5, 0.6) is 0 Å². The Bertz CT molecular complexity index is 1050. The van der Waals surface area contributed by atoms with Crippen LogP contribution in [-0.4, -0.2) is 38.5 Å². The van der Waals surface area contributed by atoms with Crippen molar-refractivity contribution in [2.24, 2.45) is 0 Å². The number of methoxy groups -OCH3 is 1. The van der Waals surface area contributed by atoms with E-state index in [1.807, 2.05) is 30.7 Å². The van der Waals surface area contributed by atoms with Gasteiger partial charge >= 0.3 is 5.97 Å². The van der Waals surface area contributed by atoms with Crippen LogP contribution in [0.3, 0.4) is 0 Å². The normalized spacial score (nSPS) is 11.0. The Labute approximate surface area is 168 Å². The van der Waals surface area contributed by atoms with Gasteiger partial charge in [0.2, 0.25) is 5.91 Å². The van der Waals surface area contributed by atoms with Crippen molar-refractivity contribution in [3.05, 3.63) is 71.3 Å². The Balaban J connectivity index is 1.65. The standard InChI is InChI=1S/C21H23N5O3/c1-4-26-15(2)16(11-23-26)9-10-20(27)24-18-12-22-25(14-18)13-17-7-5-6-8-19(17)21(28)29-3/h5-12,14H,4,13H2,1-3H3,(H,24,27)/b10-9+. The number of anilines is 1. The maximum absolute atomic E-state index is 12.2. The molecular formula is C21H23N5O3. The predicted octanol–water partition coefficient (Wildman–Crippen LogP) is 2.89. The number of carbonyl (C=O) groups is 2. The van der Waals surface area contributed by atoms with Crippen LogP contribution in [0, 0.1) is 6.92 Å². The number of esters is 1. The van der Waals surface area contributed by atoms with Gasteiger partial charge in [-0.25, -0.2) is 4.79 Å². The highest BCUT2D eigenvalue weighted by atomic mass is 16.5. The number of amides is 1. The molecule has 3 rings (SSSR count). The molecular weight excluding hydrogens is 370 g/mol. The number of aromatic nitrogens is 4. The van der Waals surface area contributed by atoms with Crippen LogP contribution >= 0.6 is 0 Å². The van der Waals surface area contributed by atoms with E-state index in [4.69, 9.17) is 4.74 Å². The molecule has 0 saturated carbocycles. The number of nitrogens with zero attached hydrogens (tertiary/aromatic N) is 4. The van der Waals surface area contributed by atoms with Crippen LogP contribution in [-0.2, 0) is 22.6 Å². The van der Waals surface area contributed by atoms with Crippen LogP contribution in [0.1, 0.15) is 34.1 Å². The molecule has 1 amide bonds. The molecule has 0 aliphatic rings. The summed E-state index contributed by atoms with van der Waals surface area (Å²) in [6.07, 6.45) is 8.21. The van der Waals surface area contributed by atoms with Gasteiger partial charge in [0.05, 0.1) is 37.3 Å². The minimum absolute atomic E-state index is 0.261. The largest absolute Gasteiger partial charge is 0.465 e. The Kier molecular flexibility index (Phi) is 6.23. The quantitative estimate of drug-likeness (QED) is 0.492. The van der Waals surface area contributed by atoms with Crippen molar-refractivity contribution in [3.63, 3.8) is 0 Å². The molecule has 0 atom stereocenters. The third-order valence-corrected chi connectivity index (χ3v) is 4.51. The molecule has 0 saturated heterocycles. The van der Waals surface area contributed by atoms with Crippen molar-refractivity contribution < 1.29 is 14.3 Å². The topological polar surface area (TPSA) is 91.0 Å². The van der Waals surface area contributed by atoms with Crippen molar-refractivity contribution in [1.82, 2.24) is 19.6 Å². The molecule has 2 aromatic heterocycles. The number of aryl methyl sites for hydroxylation is 1. The molecule has 1 aromatic carbocycles. The van der Waals surface area contributed by atoms with Gasteiger partial charge < -0.3 is 10.1 Å². The highest BCUT2D eigenvalue weighted by Crippen LogP contribution is 2.14. The van der Waals surface area contributed by atoms with Gasteiger partial charge in [-0.3, -0.25) is 14.2 Å². The Morgan fingerprint density at radius 1 is 1.21 bits per heavy atom. The number of nitrogens with one attached hydrogen (secondary N) is 1. The lowest BCUT2D eigenvalue weighted by atomic mass is 10.1. The molecule has 0 fully saturated rings.